The molecule has 1 heterocycles. The maximum Gasteiger partial charge on any atom is 0.314 e. The molecular weight excluding hydrogens is 257 g/mol. The molecular formula is C16H18FNO2. The predicted molar refractivity (Wildman–Crippen MR) is 75.4 cm³/mol. The Hall–Kier alpha value is -1.84. The first-order valence-corrected chi connectivity index (χ1v) is 7.06. The van der Waals surface area contributed by atoms with E-state index in [1.807, 2.05) is 6.92 Å². The zero-order valence-corrected chi connectivity index (χ0v) is 11.5. The van der Waals surface area contributed by atoms with E-state index in [9.17, 15) is 14.3 Å². The summed E-state index contributed by atoms with van der Waals surface area (Å²) in [6.07, 6.45) is 3.76. The van der Waals surface area contributed by atoms with Crippen LogP contribution < -0.4 is 0 Å². The summed E-state index contributed by atoms with van der Waals surface area (Å²) in [4.78, 5) is 14.9. The first-order valence-electron chi connectivity index (χ1n) is 7.06. The molecule has 1 saturated carbocycles. The van der Waals surface area contributed by atoms with Gasteiger partial charge in [-0.2, -0.15) is 0 Å². The number of H-pyrrole nitrogens is 1. The number of aromatic amines is 1. The normalized spacial score (nSPS) is 18.3. The Kier molecular flexibility index (Phi) is 3.04. The smallest absolute Gasteiger partial charge is 0.314 e. The van der Waals surface area contributed by atoms with Crippen LogP contribution in [0.5, 0.6) is 0 Å². The highest BCUT2D eigenvalue weighted by Gasteiger charge is 2.43. The molecule has 1 aromatic carbocycles. The van der Waals surface area contributed by atoms with Gasteiger partial charge in [-0.15, -0.1) is 0 Å². The monoisotopic (exact) mass is 275 g/mol. The first-order chi connectivity index (χ1) is 9.54. The summed E-state index contributed by atoms with van der Waals surface area (Å²) in [5.41, 5.74) is 0.891. The summed E-state index contributed by atoms with van der Waals surface area (Å²) in [5, 5.41) is 10.2. The zero-order chi connectivity index (χ0) is 14.3. The summed E-state index contributed by atoms with van der Waals surface area (Å²) < 4.78 is 14.8. The van der Waals surface area contributed by atoms with Crippen molar-refractivity contribution in [3.05, 3.63) is 35.3 Å². The van der Waals surface area contributed by atoms with Gasteiger partial charge in [0, 0.05) is 22.2 Å². The molecule has 0 atom stereocenters. The van der Waals surface area contributed by atoms with Gasteiger partial charge in [0.05, 0.1) is 5.41 Å². The van der Waals surface area contributed by atoms with E-state index in [0.29, 0.717) is 23.8 Å². The van der Waals surface area contributed by atoms with E-state index in [1.54, 1.807) is 18.2 Å². The lowest BCUT2D eigenvalue weighted by molar-refractivity contribution is -0.145. The number of hydrogen-bond acceptors (Lipinski definition) is 1. The highest BCUT2D eigenvalue weighted by atomic mass is 19.1. The minimum absolute atomic E-state index is 0.344. The fourth-order valence-electron chi connectivity index (χ4n) is 3.43. The summed E-state index contributed by atoms with van der Waals surface area (Å²) in [5.74, 6) is -1.28. The Labute approximate surface area is 116 Å². The number of rotatable bonds is 2. The maximum atomic E-state index is 14.8. The summed E-state index contributed by atoms with van der Waals surface area (Å²) in [6, 6.07) is 5.18. The van der Waals surface area contributed by atoms with Crippen LogP contribution in [0.2, 0.25) is 0 Å². The molecule has 20 heavy (non-hydrogen) atoms. The van der Waals surface area contributed by atoms with Crippen LogP contribution in [0.4, 0.5) is 4.39 Å². The second-order valence-corrected chi connectivity index (χ2v) is 5.79. The number of carbonyl (C=O) groups is 1. The number of carboxylic acids is 1. The van der Waals surface area contributed by atoms with Gasteiger partial charge in [0.15, 0.2) is 0 Å². The van der Waals surface area contributed by atoms with Crippen molar-refractivity contribution in [1.82, 2.24) is 4.98 Å². The number of fused-ring (bicyclic) bond motifs is 1. The number of aryl methyl sites for hydroxylation is 1. The molecule has 0 amide bonds. The number of aliphatic carboxylic acids is 1. The SMILES string of the molecule is Cc1cc2c(F)c(C3(C(=O)O)CCCCC3)ccc2[nH]1. The van der Waals surface area contributed by atoms with E-state index in [4.69, 9.17) is 0 Å². The van der Waals surface area contributed by atoms with E-state index in [0.717, 1.165) is 30.5 Å². The van der Waals surface area contributed by atoms with Crippen molar-refractivity contribution in [1.29, 1.82) is 0 Å². The maximum absolute atomic E-state index is 14.8. The molecule has 3 rings (SSSR count). The highest BCUT2D eigenvalue weighted by molar-refractivity contribution is 5.87. The van der Waals surface area contributed by atoms with Crippen LogP contribution in [0.25, 0.3) is 10.9 Å². The molecule has 0 spiro atoms. The molecule has 0 radical (unpaired) electrons. The van der Waals surface area contributed by atoms with Crippen molar-refractivity contribution in [2.75, 3.05) is 0 Å². The van der Waals surface area contributed by atoms with Crippen LogP contribution in [0.1, 0.15) is 43.4 Å². The van der Waals surface area contributed by atoms with Crippen LogP contribution in [0.3, 0.4) is 0 Å². The fourth-order valence-corrected chi connectivity index (χ4v) is 3.43. The van der Waals surface area contributed by atoms with Crippen molar-refractivity contribution in [2.45, 2.75) is 44.4 Å². The van der Waals surface area contributed by atoms with Crippen LogP contribution in [-0.4, -0.2) is 16.1 Å². The minimum atomic E-state index is -1.05. The molecule has 1 aliphatic rings. The molecule has 0 aliphatic heterocycles. The average molecular weight is 275 g/mol. The molecule has 2 N–H and O–H groups in total. The van der Waals surface area contributed by atoms with Crippen molar-refractivity contribution >= 4 is 16.9 Å². The van der Waals surface area contributed by atoms with Crippen LogP contribution >= 0.6 is 0 Å². The highest BCUT2D eigenvalue weighted by Crippen LogP contribution is 2.42. The largest absolute Gasteiger partial charge is 0.481 e. The lowest BCUT2D eigenvalue weighted by Crippen LogP contribution is -2.38. The summed E-state index contributed by atoms with van der Waals surface area (Å²) in [7, 11) is 0. The number of benzene rings is 1. The van der Waals surface area contributed by atoms with Gasteiger partial charge < -0.3 is 10.1 Å². The number of nitrogens with one attached hydrogen (secondary N) is 1. The van der Waals surface area contributed by atoms with Gasteiger partial charge in [-0.1, -0.05) is 25.3 Å². The standard InChI is InChI=1S/C16H18FNO2/c1-10-9-11-13(18-10)6-5-12(14(11)17)16(15(19)20)7-3-2-4-8-16/h5-6,9,18H,2-4,7-8H2,1H3,(H,19,20). The van der Waals surface area contributed by atoms with Crippen molar-refractivity contribution < 1.29 is 14.3 Å². The van der Waals surface area contributed by atoms with Gasteiger partial charge >= 0.3 is 5.97 Å². The van der Waals surface area contributed by atoms with E-state index in [1.165, 1.54) is 0 Å². The van der Waals surface area contributed by atoms with Gasteiger partial charge in [-0.05, 0) is 31.9 Å². The zero-order valence-electron chi connectivity index (χ0n) is 11.5. The number of halogens is 1. The topological polar surface area (TPSA) is 53.1 Å². The van der Waals surface area contributed by atoms with Gasteiger partial charge in [0.25, 0.3) is 0 Å². The Morgan fingerprint density at radius 2 is 2.00 bits per heavy atom. The third-order valence-electron chi connectivity index (χ3n) is 4.50. The molecule has 1 aromatic heterocycles. The second-order valence-electron chi connectivity index (χ2n) is 5.79. The van der Waals surface area contributed by atoms with E-state index in [-0.39, 0.29) is 5.82 Å². The number of hydrogen-bond donors (Lipinski definition) is 2. The third-order valence-corrected chi connectivity index (χ3v) is 4.50. The van der Waals surface area contributed by atoms with Gasteiger partial charge in [-0.25, -0.2) is 4.39 Å². The molecule has 1 fully saturated rings. The first kappa shape index (κ1) is 13.2. The molecule has 106 valence electrons. The Morgan fingerprint density at radius 3 is 2.65 bits per heavy atom. The molecule has 3 nitrogen and oxygen atoms in total. The van der Waals surface area contributed by atoms with Crippen LogP contribution in [0, 0.1) is 12.7 Å². The second kappa shape index (κ2) is 4.62. The van der Waals surface area contributed by atoms with Crippen molar-refractivity contribution in [2.24, 2.45) is 0 Å². The summed E-state index contributed by atoms with van der Waals surface area (Å²) >= 11 is 0. The third kappa shape index (κ3) is 1.82. The van der Waals surface area contributed by atoms with E-state index >= 15 is 0 Å². The number of carboxylic acid groups (broad SMARTS) is 1. The fraction of sp³-hybridized carbons (Fsp3) is 0.438. The molecule has 4 heteroatoms. The van der Waals surface area contributed by atoms with Gasteiger partial charge in [-0.3, -0.25) is 4.79 Å². The summed E-state index contributed by atoms with van der Waals surface area (Å²) in [6.45, 7) is 1.87. The Balaban J connectivity index is 2.20. The predicted octanol–water partition coefficient (Wildman–Crippen LogP) is 3.90. The van der Waals surface area contributed by atoms with E-state index in [2.05, 4.69) is 4.98 Å². The molecule has 0 unspecified atom stereocenters. The number of aromatic nitrogens is 1. The minimum Gasteiger partial charge on any atom is -0.481 e. The molecule has 2 aromatic rings. The lowest BCUT2D eigenvalue weighted by Gasteiger charge is -2.34. The van der Waals surface area contributed by atoms with Gasteiger partial charge in [0.1, 0.15) is 5.82 Å². The van der Waals surface area contributed by atoms with Crippen LogP contribution in [-0.2, 0) is 10.2 Å². The average Bonchev–Trinajstić information content (AvgIpc) is 2.81. The van der Waals surface area contributed by atoms with Crippen molar-refractivity contribution in [3.8, 4) is 0 Å². The Bertz CT molecular complexity index is 668. The van der Waals surface area contributed by atoms with E-state index < -0.39 is 11.4 Å². The van der Waals surface area contributed by atoms with Crippen molar-refractivity contribution in [3.63, 3.8) is 0 Å². The quantitative estimate of drug-likeness (QED) is 0.873. The Morgan fingerprint density at radius 1 is 1.30 bits per heavy atom. The molecule has 0 saturated heterocycles. The molecule has 0 bridgehead atoms. The molecule has 1 aliphatic carbocycles. The van der Waals surface area contributed by atoms with Crippen LogP contribution in [0.15, 0.2) is 18.2 Å². The van der Waals surface area contributed by atoms with Gasteiger partial charge in [0.2, 0.25) is 0 Å². The lowest BCUT2D eigenvalue weighted by atomic mass is 9.69.